The van der Waals surface area contributed by atoms with Crippen LogP contribution in [0.5, 0.6) is 5.88 Å². The number of nitrogens with zero attached hydrogens (tertiary/aromatic N) is 5. The predicted octanol–water partition coefficient (Wildman–Crippen LogP) is 4.25. The molecule has 1 saturated heterocycles. The van der Waals surface area contributed by atoms with Gasteiger partial charge in [-0.2, -0.15) is 4.98 Å². The number of hydrogen-bond acceptors (Lipinski definition) is 6. The zero-order valence-corrected chi connectivity index (χ0v) is 18.2. The van der Waals surface area contributed by atoms with Crippen molar-refractivity contribution in [3.8, 4) is 5.88 Å². The van der Waals surface area contributed by atoms with Gasteiger partial charge in [0.15, 0.2) is 5.82 Å². The largest absolute Gasteiger partial charge is 0.494 e. The van der Waals surface area contributed by atoms with E-state index in [1.165, 1.54) is 6.20 Å². The molecule has 0 amide bonds. The Morgan fingerprint density at radius 3 is 2.55 bits per heavy atom. The molecule has 0 spiro atoms. The van der Waals surface area contributed by atoms with Crippen molar-refractivity contribution >= 4 is 51.2 Å². The van der Waals surface area contributed by atoms with Crippen molar-refractivity contribution in [2.24, 2.45) is 7.05 Å². The number of nitrogens with one attached hydrogen (secondary N) is 1. The standard InChI is InChI=1S/C20H24Cl2N6O/c1-12(2)27-6-8-28(9-7-27)16-5-4-15(17-13(16)11-26(3)19(17)29)24-18-14(21)10-23-20(22)25-18/h4-5,10-12,29H,6-9H2,1-3H3,(H,23,24,25). The van der Waals surface area contributed by atoms with Crippen LogP contribution >= 0.6 is 23.2 Å². The number of fused-ring (bicyclic) bond motifs is 1. The molecule has 4 rings (SSSR count). The molecule has 3 aromatic rings. The second kappa shape index (κ2) is 7.89. The quantitative estimate of drug-likeness (QED) is 0.597. The lowest BCUT2D eigenvalue weighted by Gasteiger charge is -2.38. The van der Waals surface area contributed by atoms with E-state index in [0.29, 0.717) is 22.6 Å². The molecule has 2 aromatic heterocycles. The first-order chi connectivity index (χ1) is 13.8. The van der Waals surface area contributed by atoms with Crippen LogP contribution in [0.15, 0.2) is 24.5 Å². The lowest BCUT2D eigenvalue weighted by molar-refractivity contribution is 0.209. The Balaban J connectivity index is 1.72. The van der Waals surface area contributed by atoms with Gasteiger partial charge in [-0.05, 0) is 37.6 Å². The van der Waals surface area contributed by atoms with E-state index in [1.54, 1.807) is 4.57 Å². The monoisotopic (exact) mass is 434 g/mol. The number of aromatic hydroxyl groups is 1. The number of halogens is 2. The molecular formula is C20H24Cl2N6O. The van der Waals surface area contributed by atoms with E-state index in [9.17, 15) is 5.11 Å². The first-order valence-electron chi connectivity index (χ1n) is 9.60. The number of piperazine rings is 1. The summed E-state index contributed by atoms with van der Waals surface area (Å²) in [5.41, 5.74) is 1.82. The number of aryl methyl sites for hydroxylation is 1. The number of rotatable bonds is 4. The molecule has 0 bridgehead atoms. The molecule has 7 nitrogen and oxygen atoms in total. The van der Waals surface area contributed by atoms with Gasteiger partial charge in [0, 0.05) is 56.5 Å². The number of hydrogen-bond donors (Lipinski definition) is 2. The van der Waals surface area contributed by atoms with Crippen molar-refractivity contribution in [3.05, 3.63) is 34.8 Å². The molecule has 1 aliphatic heterocycles. The van der Waals surface area contributed by atoms with Crippen LogP contribution in [0.3, 0.4) is 0 Å². The minimum Gasteiger partial charge on any atom is -0.494 e. The molecular weight excluding hydrogens is 411 g/mol. The molecule has 9 heteroatoms. The summed E-state index contributed by atoms with van der Waals surface area (Å²) in [4.78, 5) is 12.9. The number of aromatic nitrogens is 3. The molecule has 0 aliphatic carbocycles. The van der Waals surface area contributed by atoms with E-state index in [2.05, 4.69) is 45.0 Å². The van der Waals surface area contributed by atoms with Crippen molar-refractivity contribution < 1.29 is 5.11 Å². The molecule has 1 fully saturated rings. The summed E-state index contributed by atoms with van der Waals surface area (Å²) >= 11 is 12.1. The zero-order chi connectivity index (χ0) is 20.7. The maximum absolute atomic E-state index is 10.7. The fourth-order valence-electron chi connectivity index (χ4n) is 3.83. The minimum absolute atomic E-state index is 0.102. The smallest absolute Gasteiger partial charge is 0.224 e. The Hall–Kier alpha value is -2.22. The van der Waals surface area contributed by atoms with Crippen LogP contribution in [0.1, 0.15) is 13.8 Å². The van der Waals surface area contributed by atoms with Gasteiger partial charge in [0.25, 0.3) is 0 Å². The molecule has 154 valence electrons. The van der Waals surface area contributed by atoms with Gasteiger partial charge < -0.3 is 19.9 Å². The van der Waals surface area contributed by atoms with Gasteiger partial charge in [0.05, 0.1) is 17.3 Å². The van der Waals surface area contributed by atoms with Gasteiger partial charge in [0.2, 0.25) is 11.2 Å². The summed E-state index contributed by atoms with van der Waals surface area (Å²) in [6.07, 6.45) is 3.40. The molecule has 0 atom stereocenters. The molecule has 1 aliphatic rings. The third-order valence-electron chi connectivity index (χ3n) is 5.46. The average Bonchev–Trinajstić information content (AvgIpc) is 3.00. The predicted molar refractivity (Wildman–Crippen MR) is 119 cm³/mol. The number of anilines is 3. The normalized spacial score (nSPS) is 15.4. The van der Waals surface area contributed by atoms with Crippen LogP contribution in [0.25, 0.3) is 10.8 Å². The summed E-state index contributed by atoms with van der Waals surface area (Å²) in [5.74, 6) is 0.580. The molecule has 29 heavy (non-hydrogen) atoms. The van der Waals surface area contributed by atoms with Crippen LogP contribution in [-0.2, 0) is 7.05 Å². The highest BCUT2D eigenvalue weighted by molar-refractivity contribution is 6.33. The lowest BCUT2D eigenvalue weighted by atomic mass is 10.1. The van der Waals surface area contributed by atoms with Gasteiger partial charge in [-0.1, -0.05) is 11.6 Å². The second-order valence-electron chi connectivity index (χ2n) is 7.56. The van der Waals surface area contributed by atoms with Gasteiger partial charge >= 0.3 is 0 Å². The Bertz CT molecular complexity index is 1040. The zero-order valence-electron chi connectivity index (χ0n) is 16.7. The third-order valence-corrected chi connectivity index (χ3v) is 5.91. The Morgan fingerprint density at radius 1 is 1.14 bits per heavy atom. The summed E-state index contributed by atoms with van der Waals surface area (Å²) in [5, 5.41) is 16.1. The summed E-state index contributed by atoms with van der Waals surface area (Å²) in [6, 6.07) is 4.57. The van der Waals surface area contributed by atoms with Crippen LogP contribution in [0.4, 0.5) is 17.2 Å². The topological polar surface area (TPSA) is 69.4 Å². The first kappa shape index (κ1) is 20.1. The van der Waals surface area contributed by atoms with Gasteiger partial charge in [-0.25, -0.2) is 4.98 Å². The van der Waals surface area contributed by atoms with E-state index in [4.69, 9.17) is 23.2 Å². The maximum Gasteiger partial charge on any atom is 0.224 e. The van der Waals surface area contributed by atoms with Crippen molar-refractivity contribution in [2.45, 2.75) is 19.9 Å². The lowest BCUT2D eigenvalue weighted by Crippen LogP contribution is -2.48. The van der Waals surface area contributed by atoms with Crippen LogP contribution in [0, 0.1) is 0 Å². The van der Waals surface area contributed by atoms with Gasteiger partial charge in [-0.3, -0.25) is 4.90 Å². The highest BCUT2D eigenvalue weighted by Gasteiger charge is 2.23. The molecule has 0 saturated carbocycles. The van der Waals surface area contributed by atoms with Crippen molar-refractivity contribution in [1.82, 2.24) is 19.4 Å². The van der Waals surface area contributed by atoms with Gasteiger partial charge in [-0.15, -0.1) is 0 Å². The van der Waals surface area contributed by atoms with Crippen LogP contribution < -0.4 is 10.2 Å². The molecule has 0 radical (unpaired) electrons. The Labute approximate surface area is 179 Å². The average molecular weight is 435 g/mol. The molecule has 3 heterocycles. The Kier molecular flexibility index (Phi) is 5.46. The van der Waals surface area contributed by atoms with E-state index < -0.39 is 0 Å². The van der Waals surface area contributed by atoms with E-state index in [1.807, 2.05) is 19.3 Å². The van der Waals surface area contributed by atoms with Crippen molar-refractivity contribution in [3.63, 3.8) is 0 Å². The fraction of sp³-hybridized carbons (Fsp3) is 0.400. The Morgan fingerprint density at radius 2 is 1.86 bits per heavy atom. The number of benzene rings is 1. The summed E-state index contributed by atoms with van der Waals surface area (Å²) in [6.45, 7) is 8.40. The van der Waals surface area contributed by atoms with Crippen molar-refractivity contribution in [2.75, 3.05) is 36.4 Å². The van der Waals surface area contributed by atoms with E-state index in [-0.39, 0.29) is 11.2 Å². The molecule has 2 N–H and O–H groups in total. The SMILES string of the molecule is CC(C)N1CCN(c2ccc(Nc3nc(Cl)ncc3Cl)c3c(O)n(C)cc23)CC1. The van der Waals surface area contributed by atoms with E-state index >= 15 is 0 Å². The highest BCUT2D eigenvalue weighted by Crippen LogP contribution is 2.41. The van der Waals surface area contributed by atoms with Crippen LogP contribution in [-0.4, -0.2) is 56.8 Å². The van der Waals surface area contributed by atoms with E-state index in [0.717, 1.165) is 42.6 Å². The second-order valence-corrected chi connectivity index (χ2v) is 8.31. The maximum atomic E-state index is 10.7. The summed E-state index contributed by atoms with van der Waals surface area (Å²) in [7, 11) is 1.83. The third kappa shape index (κ3) is 3.82. The summed E-state index contributed by atoms with van der Waals surface area (Å²) < 4.78 is 1.72. The molecule has 1 aromatic carbocycles. The minimum atomic E-state index is 0.102. The first-order valence-corrected chi connectivity index (χ1v) is 10.4. The van der Waals surface area contributed by atoms with Crippen molar-refractivity contribution in [1.29, 1.82) is 0 Å². The van der Waals surface area contributed by atoms with Crippen LogP contribution in [0.2, 0.25) is 10.3 Å². The van der Waals surface area contributed by atoms with Gasteiger partial charge in [0.1, 0.15) is 5.02 Å². The fourth-order valence-corrected chi connectivity index (χ4v) is 4.10. The highest BCUT2D eigenvalue weighted by atomic mass is 35.5. The molecule has 0 unspecified atom stereocenters.